The van der Waals surface area contributed by atoms with Crippen LogP contribution in [-0.4, -0.2) is 42.9 Å². The molecule has 0 aromatic rings. The van der Waals surface area contributed by atoms with Gasteiger partial charge < -0.3 is 9.59 Å². The predicted octanol–water partition coefficient (Wildman–Crippen LogP) is 1.49. The molecule has 2 nitrogen and oxygen atoms in total. The highest BCUT2D eigenvalue weighted by atomic mass is 16.2. The Labute approximate surface area is 71.4 Å². The Balaban J connectivity index is 0. The predicted molar refractivity (Wildman–Crippen MR) is 50.6 cm³/mol. The molecule has 0 aliphatic heterocycles. The van der Waals surface area contributed by atoms with Crippen LogP contribution in [0.3, 0.4) is 0 Å². The molecule has 0 aromatic heterocycles. The molecule has 0 saturated heterocycles. The van der Waals surface area contributed by atoms with Crippen molar-refractivity contribution in [2.24, 2.45) is 0 Å². The highest BCUT2D eigenvalue weighted by molar-refractivity contribution is 4.31. The van der Waals surface area contributed by atoms with Crippen LogP contribution in [0.25, 0.3) is 0 Å². The number of aliphatic hydroxyl groups is 1. The summed E-state index contributed by atoms with van der Waals surface area (Å²) in [6.07, 6.45) is 0. The Bertz CT molecular complexity index is 52.5. The number of hydrogen-bond acceptors (Lipinski definition) is 1. The zero-order valence-electron chi connectivity index (χ0n) is 8.72. The summed E-state index contributed by atoms with van der Waals surface area (Å²) in [6, 6.07) is 0. The van der Waals surface area contributed by atoms with Gasteiger partial charge in [0.1, 0.15) is 0 Å². The first-order valence-electron chi connectivity index (χ1n) is 4.54. The van der Waals surface area contributed by atoms with Crippen LogP contribution in [0.5, 0.6) is 0 Å². The molecule has 0 bridgehead atoms. The van der Waals surface area contributed by atoms with E-state index in [4.69, 9.17) is 5.11 Å². The minimum Gasteiger partial charge on any atom is -0.400 e. The second-order valence-electron chi connectivity index (χ2n) is 2.61. The van der Waals surface area contributed by atoms with E-state index in [1.54, 1.807) is 0 Å². The molecule has 0 atom stereocenters. The average Bonchev–Trinajstić information content (AvgIpc) is 2.13. The summed E-state index contributed by atoms with van der Waals surface area (Å²) >= 11 is 0. The molecule has 0 spiro atoms. The summed E-state index contributed by atoms with van der Waals surface area (Å²) in [7, 11) is 1.00. The van der Waals surface area contributed by atoms with Crippen molar-refractivity contribution in [3.05, 3.63) is 0 Å². The van der Waals surface area contributed by atoms with Gasteiger partial charge in [0.05, 0.1) is 26.2 Å². The third-order valence-electron chi connectivity index (χ3n) is 2.68. The van der Waals surface area contributed by atoms with Crippen molar-refractivity contribution >= 4 is 0 Å². The number of aliphatic hydroxyl groups excluding tert-OH is 1. The molecule has 1 N–H and O–H groups in total. The standard InChI is InChI=1S/C8H20N.CH4O/c1-5-9(6-2,7-3)8-4;1-2/h5-8H2,1-4H3;2H,1H3/q+1;. The Hall–Kier alpha value is -0.0800. The second-order valence-corrected chi connectivity index (χ2v) is 2.61. The lowest BCUT2D eigenvalue weighted by Crippen LogP contribution is -2.47. The monoisotopic (exact) mass is 162 g/mol. The van der Waals surface area contributed by atoms with Crippen molar-refractivity contribution < 1.29 is 9.59 Å². The largest absolute Gasteiger partial charge is 0.400 e. The molecule has 0 fully saturated rings. The SMILES string of the molecule is CC[N+](CC)(CC)CC.CO. The number of rotatable bonds is 4. The van der Waals surface area contributed by atoms with Gasteiger partial charge in [-0.15, -0.1) is 0 Å². The third kappa shape index (κ3) is 4.38. The summed E-state index contributed by atoms with van der Waals surface area (Å²) in [6.45, 7) is 14.2. The molecule has 0 saturated carbocycles. The van der Waals surface area contributed by atoms with E-state index in [2.05, 4.69) is 27.7 Å². The molecular weight excluding hydrogens is 138 g/mol. The number of hydrogen-bond donors (Lipinski definition) is 1. The minimum absolute atomic E-state index is 1.00. The fourth-order valence-corrected chi connectivity index (χ4v) is 1.34. The van der Waals surface area contributed by atoms with Crippen molar-refractivity contribution in [3.63, 3.8) is 0 Å². The Morgan fingerprint density at radius 1 is 0.727 bits per heavy atom. The highest BCUT2D eigenvalue weighted by Gasteiger charge is 2.16. The molecule has 2 heteroatoms. The first-order chi connectivity index (χ1) is 5.24. The molecule has 70 valence electrons. The van der Waals surface area contributed by atoms with E-state index in [1.165, 1.54) is 30.7 Å². The van der Waals surface area contributed by atoms with Gasteiger partial charge in [-0.1, -0.05) is 0 Å². The Morgan fingerprint density at radius 2 is 0.909 bits per heavy atom. The summed E-state index contributed by atoms with van der Waals surface area (Å²) in [5.74, 6) is 0. The van der Waals surface area contributed by atoms with E-state index >= 15 is 0 Å². The minimum atomic E-state index is 1.00. The molecular formula is C9H24NO+. The van der Waals surface area contributed by atoms with Crippen LogP contribution in [-0.2, 0) is 0 Å². The van der Waals surface area contributed by atoms with E-state index in [1.807, 2.05) is 0 Å². The normalized spacial score (nSPS) is 10.4. The summed E-state index contributed by atoms with van der Waals surface area (Å²) < 4.78 is 1.28. The van der Waals surface area contributed by atoms with Gasteiger partial charge in [0.25, 0.3) is 0 Å². The lowest BCUT2D eigenvalue weighted by molar-refractivity contribution is -0.921. The van der Waals surface area contributed by atoms with E-state index in [-0.39, 0.29) is 0 Å². The van der Waals surface area contributed by atoms with E-state index in [0.29, 0.717) is 0 Å². The van der Waals surface area contributed by atoms with Gasteiger partial charge >= 0.3 is 0 Å². The summed E-state index contributed by atoms with van der Waals surface area (Å²) in [5.41, 5.74) is 0. The first kappa shape index (κ1) is 13.5. The zero-order valence-corrected chi connectivity index (χ0v) is 8.72. The van der Waals surface area contributed by atoms with E-state index in [9.17, 15) is 0 Å². The third-order valence-corrected chi connectivity index (χ3v) is 2.68. The van der Waals surface area contributed by atoms with Gasteiger partial charge in [0.15, 0.2) is 0 Å². The van der Waals surface area contributed by atoms with Crippen molar-refractivity contribution in [3.8, 4) is 0 Å². The number of nitrogens with zero attached hydrogens (tertiary/aromatic N) is 1. The van der Waals surface area contributed by atoms with Crippen LogP contribution in [0.2, 0.25) is 0 Å². The zero-order chi connectivity index (χ0) is 9.33. The molecule has 0 aromatic carbocycles. The van der Waals surface area contributed by atoms with Gasteiger partial charge in [-0.05, 0) is 27.7 Å². The van der Waals surface area contributed by atoms with Crippen LogP contribution in [0.15, 0.2) is 0 Å². The number of quaternary nitrogens is 1. The molecule has 0 radical (unpaired) electrons. The Morgan fingerprint density at radius 3 is 0.909 bits per heavy atom. The molecule has 0 unspecified atom stereocenters. The van der Waals surface area contributed by atoms with Gasteiger partial charge in [0.2, 0.25) is 0 Å². The second kappa shape index (κ2) is 8.02. The van der Waals surface area contributed by atoms with E-state index < -0.39 is 0 Å². The van der Waals surface area contributed by atoms with Gasteiger partial charge in [-0.25, -0.2) is 0 Å². The van der Waals surface area contributed by atoms with Crippen molar-refractivity contribution in [1.29, 1.82) is 0 Å². The van der Waals surface area contributed by atoms with Crippen LogP contribution in [0.4, 0.5) is 0 Å². The Kier molecular flexibility index (Phi) is 9.85. The molecule has 11 heavy (non-hydrogen) atoms. The van der Waals surface area contributed by atoms with Gasteiger partial charge in [-0.3, -0.25) is 0 Å². The summed E-state index contributed by atoms with van der Waals surface area (Å²) in [4.78, 5) is 0. The highest BCUT2D eigenvalue weighted by Crippen LogP contribution is 2.03. The lowest BCUT2D eigenvalue weighted by Gasteiger charge is -2.34. The van der Waals surface area contributed by atoms with Crippen LogP contribution >= 0.6 is 0 Å². The first-order valence-corrected chi connectivity index (χ1v) is 4.54. The topological polar surface area (TPSA) is 20.2 Å². The molecule has 0 heterocycles. The van der Waals surface area contributed by atoms with Crippen molar-refractivity contribution in [2.45, 2.75) is 27.7 Å². The van der Waals surface area contributed by atoms with Gasteiger partial charge in [0, 0.05) is 7.11 Å². The van der Waals surface area contributed by atoms with E-state index in [0.717, 1.165) is 7.11 Å². The van der Waals surface area contributed by atoms with Crippen molar-refractivity contribution in [1.82, 2.24) is 0 Å². The molecule has 0 rings (SSSR count). The quantitative estimate of drug-likeness (QED) is 0.621. The van der Waals surface area contributed by atoms with Crippen LogP contribution in [0.1, 0.15) is 27.7 Å². The molecule has 0 aliphatic rings. The summed E-state index contributed by atoms with van der Waals surface area (Å²) in [5, 5.41) is 7.00. The average molecular weight is 162 g/mol. The smallest absolute Gasteiger partial charge is 0.0757 e. The maximum Gasteiger partial charge on any atom is 0.0757 e. The fourth-order valence-electron chi connectivity index (χ4n) is 1.34. The van der Waals surface area contributed by atoms with Gasteiger partial charge in [-0.2, -0.15) is 0 Å². The van der Waals surface area contributed by atoms with Crippen LogP contribution in [0, 0.1) is 0 Å². The maximum atomic E-state index is 7.00. The van der Waals surface area contributed by atoms with Crippen LogP contribution < -0.4 is 0 Å². The maximum absolute atomic E-state index is 7.00. The van der Waals surface area contributed by atoms with Crippen molar-refractivity contribution in [2.75, 3.05) is 33.3 Å². The lowest BCUT2D eigenvalue weighted by atomic mass is 10.3. The fraction of sp³-hybridized carbons (Fsp3) is 1.00. The molecule has 0 aliphatic carbocycles. The molecule has 0 amide bonds.